The van der Waals surface area contributed by atoms with Crippen molar-refractivity contribution in [1.29, 1.82) is 0 Å². The van der Waals surface area contributed by atoms with Gasteiger partial charge in [-0.3, -0.25) is 0 Å². The molecule has 0 aliphatic heterocycles. The number of ether oxygens (including phenoxy) is 1. The molecule has 1 aliphatic rings. The Kier molecular flexibility index (Phi) is 9.67. The normalized spacial score (nSPS) is 17.3. The van der Waals surface area contributed by atoms with Gasteiger partial charge >= 0.3 is 6.03 Å². The van der Waals surface area contributed by atoms with Gasteiger partial charge in [-0.2, -0.15) is 4.31 Å². The molecule has 3 aromatic rings. The van der Waals surface area contributed by atoms with Crippen LogP contribution in [0.3, 0.4) is 0 Å². The topological polar surface area (TPSA) is 87.7 Å². The molecule has 11 heteroatoms. The second-order valence-electron chi connectivity index (χ2n) is 9.22. The molecule has 0 radical (unpaired) electrons. The molecule has 1 saturated carbocycles. The second-order valence-corrected chi connectivity index (χ2v) is 12.4. The number of benzene rings is 3. The smallest absolute Gasteiger partial charge is 0.319 e. The van der Waals surface area contributed by atoms with Crippen molar-refractivity contribution in [3.8, 4) is 11.5 Å². The Morgan fingerprint density at radius 3 is 2.33 bits per heavy atom. The van der Waals surface area contributed by atoms with Crippen LogP contribution in [0, 0.1) is 0 Å². The number of hydrogen-bond acceptors (Lipinski definition) is 4. The van der Waals surface area contributed by atoms with Crippen LogP contribution in [0.5, 0.6) is 11.5 Å². The van der Waals surface area contributed by atoms with Crippen molar-refractivity contribution in [2.45, 2.75) is 50.0 Å². The summed E-state index contributed by atoms with van der Waals surface area (Å²) >= 11 is 18.3. The number of halogens is 3. The number of rotatable bonds is 9. The molecule has 208 valence electrons. The lowest BCUT2D eigenvalue weighted by atomic mass is 9.94. The molecule has 4 rings (SSSR count). The van der Waals surface area contributed by atoms with Crippen molar-refractivity contribution in [2.75, 3.05) is 18.4 Å². The van der Waals surface area contributed by atoms with Gasteiger partial charge in [-0.25, -0.2) is 13.2 Å². The van der Waals surface area contributed by atoms with Crippen LogP contribution in [0.25, 0.3) is 0 Å². The summed E-state index contributed by atoms with van der Waals surface area (Å²) in [5.74, 6) is 0.848. The first-order valence-electron chi connectivity index (χ1n) is 12.7. The quantitative estimate of drug-likeness (QED) is 0.258. The lowest BCUT2D eigenvalue weighted by Gasteiger charge is -2.23. The van der Waals surface area contributed by atoms with Crippen molar-refractivity contribution in [1.82, 2.24) is 9.62 Å². The van der Waals surface area contributed by atoms with Crippen molar-refractivity contribution >= 4 is 56.5 Å². The van der Waals surface area contributed by atoms with E-state index in [0.717, 1.165) is 24.8 Å². The number of urea groups is 1. The highest BCUT2D eigenvalue weighted by Crippen LogP contribution is 2.38. The standard InChI is InChI=1S/C28H30Cl3N3O4S/c1-3-34(4-2)39(36,37)21-13-15-27(38-20-11-9-19(29)10-12-20)26(17-21)33-28(35)32-25-7-5-6-22(25)18-8-14-23(30)24(31)16-18/h8-17,22,25H,3-7H2,1-2H3,(H2,32,33,35). The van der Waals surface area contributed by atoms with Crippen LogP contribution >= 0.6 is 34.8 Å². The Bertz CT molecular complexity index is 1430. The van der Waals surface area contributed by atoms with E-state index in [1.165, 1.54) is 22.5 Å². The third kappa shape index (κ3) is 6.99. The van der Waals surface area contributed by atoms with E-state index in [2.05, 4.69) is 10.6 Å². The van der Waals surface area contributed by atoms with Crippen LogP contribution < -0.4 is 15.4 Å². The van der Waals surface area contributed by atoms with E-state index in [-0.39, 0.29) is 22.5 Å². The Hall–Kier alpha value is -2.49. The minimum Gasteiger partial charge on any atom is -0.455 e. The Labute approximate surface area is 244 Å². The van der Waals surface area contributed by atoms with Gasteiger partial charge in [-0.05, 0) is 73.0 Å². The summed E-state index contributed by atoms with van der Waals surface area (Å²) in [6.45, 7) is 4.20. The fraction of sp³-hybridized carbons (Fsp3) is 0.321. The molecule has 0 saturated heterocycles. The Balaban J connectivity index is 1.60. The molecule has 0 bridgehead atoms. The molecule has 3 aromatic carbocycles. The van der Waals surface area contributed by atoms with Gasteiger partial charge in [0.1, 0.15) is 5.75 Å². The SMILES string of the molecule is CCN(CC)S(=O)(=O)c1ccc(Oc2ccc(Cl)cc2)c(NC(=O)NC2CCCC2c2ccc(Cl)c(Cl)c2)c1. The third-order valence-corrected chi connectivity index (χ3v) is 9.83. The molecular formula is C28H30Cl3N3O4S. The predicted octanol–water partition coefficient (Wildman–Crippen LogP) is 7.93. The van der Waals surface area contributed by atoms with Crippen LogP contribution in [0.4, 0.5) is 10.5 Å². The maximum absolute atomic E-state index is 13.2. The van der Waals surface area contributed by atoms with E-state index in [0.29, 0.717) is 39.7 Å². The van der Waals surface area contributed by atoms with E-state index in [1.807, 2.05) is 12.1 Å². The first kappa shape index (κ1) is 29.5. The van der Waals surface area contributed by atoms with E-state index in [4.69, 9.17) is 39.5 Å². The maximum Gasteiger partial charge on any atom is 0.319 e. The number of anilines is 1. The number of hydrogen-bond donors (Lipinski definition) is 2. The molecule has 0 spiro atoms. The van der Waals surface area contributed by atoms with Crippen molar-refractivity contribution in [3.05, 3.63) is 81.3 Å². The molecule has 2 unspecified atom stereocenters. The molecule has 7 nitrogen and oxygen atoms in total. The van der Waals surface area contributed by atoms with Crippen LogP contribution in [0.1, 0.15) is 44.6 Å². The van der Waals surface area contributed by atoms with Gasteiger partial charge < -0.3 is 15.4 Å². The van der Waals surface area contributed by atoms with Gasteiger partial charge in [-0.15, -0.1) is 0 Å². The Morgan fingerprint density at radius 1 is 0.949 bits per heavy atom. The van der Waals surface area contributed by atoms with Gasteiger partial charge in [0.25, 0.3) is 0 Å². The summed E-state index contributed by atoms with van der Waals surface area (Å²) in [5, 5.41) is 7.37. The van der Waals surface area contributed by atoms with Crippen molar-refractivity contribution in [3.63, 3.8) is 0 Å². The molecule has 0 heterocycles. The first-order valence-corrected chi connectivity index (χ1v) is 15.3. The number of carbonyl (C=O) groups is 1. The van der Waals surface area contributed by atoms with Crippen LogP contribution in [-0.4, -0.2) is 37.9 Å². The highest BCUT2D eigenvalue weighted by Gasteiger charge is 2.31. The van der Waals surface area contributed by atoms with Crippen LogP contribution in [0.15, 0.2) is 65.6 Å². The number of amides is 2. The summed E-state index contributed by atoms with van der Waals surface area (Å²) in [7, 11) is -3.76. The van der Waals surface area contributed by atoms with E-state index < -0.39 is 16.1 Å². The van der Waals surface area contributed by atoms with Gasteiger partial charge in [0.15, 0.2) is 5.75 Å². The number of sulfonamides is 1. The van der Waals surface area contributed by atoms with Gasteiger partial charge in [0.2, 0.25) is 10.0 Å². The molecule has 2 N–H and O–H groups in total. The van der Waals surface area contributed by atoms with Gasteiger partial charge in [-0.1, -0.05) is 61.1 Å². The lowest BCUT2D eigenvalue weighted by molar-refractivity contribution is 0.247. The van der Waals surface area contributed by atoms with Crippen LogP contribution in [-0.2, 0) is 10.0 Å². The number of carbonyl (C=O) groups excluding carboxylic acids is 1. The van der Waals surface area contributed by atoms with Crippen LogP contribution in [0.2, 0.25) is 15.1 Å². The summed E-state index contributed by atoms with van der Waals surface area (Å²) < 4.78 is 33.7. The molecule has 1 aliphatic carbocycles. The summed E-state index contributed by atoms with van der Waals surface area (Å²) in [4.78, 5) is 13.3. The summed E-state index contributed by atoms with van der Waals surface area (Å²) in [5.41, 5.74) is 1.23. The molecule has 2 atom stereocenters. The highest BCUT2D eigenvalue weighted by atomic mass is 35.5. The fourth-order valence-electron chi connectivity index (χ4n) is 4.80. The summed E-state index contributed by atoms with van der Waals surface area (Å²) in [6, 6.07) is 16.1. The summed E-state index contributed by atoms with van der Waals surface area (Å²) in [6.07, 6.45) is 2.63. The molecule has 2 amide bonds. The minimum absolute atomic E-state index is 0.0551. The van der Waals surface area contributed by atoms with Gasteiger partial charge in [0.05, 0.1) is 20.6 Å². The first-order chi connectivity index (χ1) is 18.6. The predicted molar refractivity (Wildman–Crippen MR) is 157 cm³/mol. The average Bonchev–Trinajstić information content (AvgIpc) is 3.36. The third-order valence-electron chi connectivity index (χ3n) is 6.79. The Morgan fingerprint density at radius 2 is 1.67 bits per heavy atom. The zero-order valence-electron chi connectivity index (χ0n) is 21.6. The number of nitrogens with zero attached hydrogens (tertiary/aromatic N) is 1. The molecule has 0 aromatic heterocycles. The largest absolute Gasteiger partial charge is 0.455 e. The fourth-order valence-corrected chi connectivity index (χ4v) is 6.72. The minimum atomic E-state index is -3.76. The zero-order valence-corrected chi connectivity index (χ0v) is 24.7. The second kappa shape index (κ2) is 12.8. The lowest BCUT2D eigenvalue weighted by Crippen LogP contribution is -2.39. The highest BCUT2D eigenvalue weighted by molar-refractivity contribution is 7.89. The molecular weight excluding hydrogens is 581 g/mol. The average molecular weight is 611 g/mol. The number of nitrogens with one attached hydrogen (secondary N) is 2. The monoisotopic (exact) mass is 609 g/mol. The zero-order chi connectivity index (χ0) is 28.2. The van der Waals surface area contributed by atoms with Crippen molar-refractivity contribution in [2.24, 2.45) is 0 Å². The maximum atomic E-state index is 13.2. The van der Waals surface area contributed by atoms with E-state index in [9.17, 15) is 13.2 Å². The molecule has 39 heavy (non-hydrogen) atoms. The van der Waals surface area contributed by atoms with Crippen molar-refractivity contribution < 1.29 is 17.9 Å². The van der Waals surface area contributed by atoms with E-state index in [1.54, 1.807) is 44.2 Å². The van der Waals surface area contributed by atoms with Gasteiger partial charge in [0, 0.05) is 30.1 Å². The molecule has 1 fully saturated rings. The van der Waals surface area contributed by atoms with E-state index >= 15 is 0 Å².